The van der Waals surface area contributed by atoms with Gasteiger partial charge in [0.2, 0.25) is 0 Å². The average Bonchev–Trinajstić information content (AvgIpc) is 2.87. The highest BCUT2D eigenvalue weighted by Gasteiger charge is 2.58. The Hall–Kier alpha value is -0.240. The van der Waals surface area contributed by atoms with E-state index < -0.39 is 0 Å². The molecule has 116 valence electrons. The lowest BCUT2D eigenvalue weighted by molar-refractivity contribution is 0.110. The van der Waals surface area contributed by atoms with E-state index in [1.807, 2.05) is 18.2 Å². The minimum atomic E-state index is 0.413. The molecule has 0 radical (unpaired) electrons. The number of benzene rings is 1. The van der Waals surface area contributed by atoms with E-state index in [4.69, 9.17) is 23.2 Å². The smallest absolute Gasteiger partial charge is 0.0453 e. The van der Waals surface area contributed by atoms with Gasteiger partial charge in [0.15, 0.2) is 0 Å². The summed E-state index contributed by atoms with van der Waals surface area (Å²) in [5.74, 6) is 0.888. The molecular weight excluding hydrogens is 301 g/mol. The summed E-state index contributed by atoms with van der Waals surface area (Å²) in [4.78, 5) is 0. The van der Waals surface area contributed by atoms with Gasteiger partial charge in [-0.2, -0.15) is 0 Å². The van der Waals surface area contributed by atoms with Crippen LogP contribution in [0.25, 0.3) is 0 Å². The van der Waals surface area contributed by atoms with Crippen LogP contribution < -0.4 is 5.32 Å². The quantitative estimate of drug-likeness (QED) is 0.787. The Bertz CT molecular complexity index is 535. The van der Waals surface area contributed by atoms with Gasteiger partial charge in [-0.1, -0.05) is 50.0 Å². The molecule has 0 aliphatic heterocycles. The van der Waals surface area contributed by atoms with Crippen molar-refractivity contribution in [3.63, 3.8) is 0 Å². The van der Waals surface area contributed by atoms with Gasteiger partial charge < -0.3 is 5.32 Å². The Morgan fingerprint density at radius 2 is 2.00 bits per heavy atom. The summed E-state index contributed by atoms with van der Waals surface area (Å²) in [6.07, 6.45) is 5.13. The van der Waals surface area contributed by atoms with E-state index in [0.717, 1.165) is 23.9 Å². The van der Waals surface area contributed by atoms with Crippen molar-refractivity contribution < 1.29 is 0 Å². The second-order valence-electron chi connectivity index (χ2n) is 7.79. The highest BCUT2D eigenvalue weighted by molar-refractivity contribution is 6.35. The molecule has 2 saturated carbocycles. The van der Waals surface area contributed by atoms with Crippen molar-refractivity contribution in [2.24, 2.45) is 16.7 Å². The normalized spacial score (nSPS) is 33.6. The molecule has 1 N–H and O–H groups in total. The number of hydrogen-bond donors (Lipinski definition) is 1. The Balaban J connectivity index is 1.63. The van der Waals surface area contributed by atoms with Crippen LogP contribution in [0.3, 0.4) is 0 Å². The summed E-state index contributed by atoms with van der Waals surface area (Å²) in [6, 6.07) is 6.42. The minimum absolute atomic E-state index is 0.413. The summed E-state index contributed by atoms with van der Waals surface area (Å²) in [7, 11) is 0. The molecule has 1 aromatic rings. The van der Waals surface area contributed by atoms with E-state index in [9.17, 15) is 0 Å². The van der Waals surface area contributed by atoms with Crippen LogP contribution >= 0.6 is 23.2 Å². The van der Waals surface area contributed by atoms with Gasteiger partial charge in [0.25, 0.3) is 0 Å². The van der Waals surface area contributed by atoms with Crippen molar-refractivity contribution in [2.75, 3.05) is 6.54 Å². The maximum Gasteiger partial charge on any atom is 0.0453 e. The summed E-state index contributed by atoms with van der Waals surface area (Å²) >= 11 is 12.2. The predicted octanol–water partition coefficient (Wildman–Crippen LogP) is 5.34. The second kappa shape index (κ2) is 5.44. The molecule has 0 saturated heterocycles. The van der Waals surface area contributed by atoms with E-state index in [1.165, 1.54) is 24.8 Å². The molecule has 1 aromatic carbocycles. The van der Waals surface area contributed by atoms with Crippen molar-refractivity contribution in [3.05, 3.63) is 33.8 Å². The minimum Gasteiger partial charge on any atom is -0.313 e. The molecule has 3 heteroatoms. The Morgan fingerprint density at radius 1 is 1.24 bits per heavy atom. The maximum atomic E-state index is 6.26. The largest absolute Gasteiger partial charge is 0.313 e. The molecule has 3 atom stereocenters. The van der Waals surface area contributed by atoms with Crippen LogP contribution in [0, 0.1) is 16.7 Å². The molecule has 3 rings (SSSR count). The van der Waals surface area contributed by atoms with E-state index in [2.05, 4.69) is 26.1 Å². The zero-order chi connectivity index (χ0) is 15.3. The van der Waals surface area contributed by atoms with Crippen molar-refractivity contribution in [1.29, 1.82) is 0 Å². The van der Waals surface area contributed by atoms with Crippen LogP contribution in [0.4, 0.5) is 0 Å². The zero-order valence-electron chi connectivity index (χ0n) is 13.2. The predicted molar refractivity (Wildman–Crippen MR) is 91.2 cm³/mol. The second-order valence-corrected chi connectivity index (χ2v) is 8.63. The van der Waals surface area contributed by atoms with Gasteiger partial charge in [-0.3, -0.25) is 0 Å². The molecular formula is C18H25Cl2N. The molecule has 1 nitrogen and oxygen atoms in total. The molecule has 0 aromatic heterocycles. The monoisotopic (exact) mass is 325 g/mol. The summed E-state index contributed by atoms with van der Waals surface area (Å²) in [5, 5.41) is 5.33. The van der Waals surface area contributed by atoms with Crippen molar-refractivity contribution in [1.82, 2.24) is 5.32 Å². The van der Waals surface area contributed by atoms with Gasteiger partial charge in [-0.05, 0) is 66.7 Å². The van der Waals surface area contributed by atoms with E-state index >= 15 is 0 Å². The third kappa shape index (κ3) is 2.73. The number of hydrogen-bond acceptors (Lipinski definition) is 1. The topological polar surface area (TPSA) is 12.0 Å². The highest BCUT2D eigenvalue weighted by Crippen LogP contribution is 2.62. The molecule has 1 unspecified atom stereocenters. The fraction of sp³-hybridized carbons (Fsp3) is 0.667. The SMILES string of the molecule is CC1(C)C(NCCc2ccc(Cl)cc2Cl)[C@]2(C)CC[C@H]1C2. The van der Waals surface area contributed by atoms with Gasteiger partial charge in [-0.25, -0.2) is 0 Å². The summed E-state index contributed by atoms with van der Waals surface area (Å²) < 4.78 is 0. The van der Waals surface area contributed by atoms with Crippen LogP contribution in [0.5, 0.6) is 0 Å². The highest BCUT2D eigenvalue weighted by atomic mass is 35.5. The number of halogens is 2. The lowest BCUT2D eigenvalue weighted by Gasteiger charge is -2.43. The molecule has 2 aliphatic carbocycles. The van der Waals surface area contributed by atoms with E-state index in [1.54, 1.807) is 0 Å². The first-order chi connectivity index (χ1) is 9.83. The number of rotatable bonds is 4. The van der Waals surface area contributed by atoms with Gasteiger partial charge in [0, 0.05) is 16.1 Å². The Labute approximate surface area is 138 Å². The molecule has 0 spiro atoms. The van der Waals surface area contributed by atoms with Crippen molar-refractivity contribution >= 4 is 23.2 Å². The zero-order valence-corrected chi connectivity index (χ0v) is 14.7. The summed E-state index contributed by atoms with van der Waals surface area (Å²) in [6.45, 7) is 8.33. The van der Waals surface area contributed by atoms with Crippen LogP contribution in [-0.2, 0) is 6.42 Å². The van der Waals surface area contributed by atoms with Crippen LogP contribution in [0.2, 0.25) is 10.0 Å². The molecule has 2 aliphatic rings. The van der Waals surface area contributed by atoms with Crippen LogP contribution in [0.15, 0.2) is 18.2 Å². The number of fused-ring (bicyclic) bond motifs is 2. The first kappa shape index (κ1) is 15.6. The molecule has 0 heterocycles. The molecule has 21 heavy (non-hydrogen) atoms. The fourth-order valence-corrected chi connectivity index (χ4v) is 5.39. The van der Waals surface area contributed by atoms with Crippen molar-refractivity contribution in [3.8, 4) is 0 Å². The van der Waals surface area contributed by atoms with E-state index in [0.29, 0.717) is 21.9 Å². The average molecular weight is 326 g/mol. The van der Waals surface area contributed by atoms with Crippen LogP contribution in [-0.4, -0.2) is 12.6 Å². The third-order valence-corrected chi connectivity index (χ3v) is 6.61. The fourth-order valence-electron chi connectivity index (χ4n) is 4.89. The van der Waals surface area contributed by atoms with Gasteiger partial charge in [0.1, 0.15) is 0 Å². The number of nitrogens with one attached hydrogen (secondary N) is 1. The Morgan fingerprint density at radius 3 is 2.62 bits per heavy atom. The van der Waals surface area contributed by atoms with E-state index in [-0.39, 0.29) is 0 Å². The van der Waals surface area contributed by atoms with Gasteiger partial charge >= 0.3 is 0 Å². The first-order valence-electron chi connectivity index (χ1n) is 8.00. The van der Waals surface area contributed by atoms with Crippen molar-refractivity contribution in [2.45, 2.75) is 52.5 Å². The molecule has 2 bridgehead atoms. The Kier molecular flexibility index (Phi) is 4.05. The van der Waals surface area contributed by atoms with Gasteiger partial charge in [0.05, 0.1) is 0 Å². The first-order valence-corrected chi connectivity index (χ1v) is 8.76. The maximum absolute atomic E-state index is 6.26. The lowest BCUT2D eigenvalue weighted by atomic mass is 9.68. The molecule has 0 amide bonds. The molecule has 2 fully saturated rings. The third-order valence-electron chi connectivity index (χ3n) is 6.03. The standard InChI is InChI=1S/C18H25Cl2N/c1-17(2)13-6-8-18(3,11-13)16(17)21-9-7-12-4-5-14(19)10-15(12)20/h4-5,10,13,16,21H,6-9,11H2,1-3H3/t13-,16?,18+/m0/s1. The van der Waals surface area contributed by atoms with Gasteiger partial charge in [-0.15, -0.1) is 0 Å². The summed E-state index contributed by atoms with van der Waals surface area (Å²) in [5.41, 5.74) is 2.08. The lowest BCUT2D eigenvalue weighted by Crippen LogP contribution is -2.50. The van der Waals surface area contributed by atoms with Crippen LogP contribution in [0.1, 0.15) is 45.6 Å².